The lowest BCUT2D eigenvalue weighted by atomic mass is 9.79. The third-order valence-corrected chi connectivity index (χ3v) is 6.69. The number of likely N-dealkylation sites (tertiary alicyclic amines) is 1. The lowest BCUT2D eigenvalue weighted by Gasteiger charge is -2.27. The normalized spacial score (nSPS) is 26.4. The number of phenolic OH excluding ortho intramolecular Hbond substituents is 1. The van der Waals surface area contributed by atoms with E-state index in [1.54, 1.807) is 0 Å². The zero-order chi connectivity index (χ0) is 19.0. The van der Waals surface area contributed by atoms with E-state index in [0.717, 1.165) is 49.9 Å². The molecule has 1 aliphatic heterocycles. The Hall–Kier alpha value is -2.24. The van der Waals surface area contributed by atoms with Crippen LogP contribution < -0.4 is 5.73 Å². The number of amides is 2. The predicted molar refractivity (Wildman–Crippen MR) is 100 cm³/mol. The monoisotopic (exact) mass is 372 g/mol. The van der Waals surface area contributed by atoms with Crippen LogP contribution in [0.3, 0.4) is 0 Å². The number of benzene rings is 1. The molecule has 1 saturated heterocycles. The largest absolute Gasteiger partial charge is 0.507 e. The number of carbonyl (C=O) groups is 2. The molecule has 0 aromatic heterocycles. The highest BCUT2D eigenvalue weighted by Gasteiger charge is 2.55. The number of carbonyl (C=O) groups excluding carboxylic acids is 2. The van der Waals surface area contributed by atoms with Gasteiger partial charge in [-0.15, -0.1) is 0 Å². The Labute approximate surface area is 159 Å². The summed E-state index contributed by atoms with van der Waals surface area (Å²) >= 11 is 0. The minimum atomic E-state index is -0.715. The van der Waals surface area contributed by atoms with Gasteiger partial charge in [-0.2, -0.15) is 0 Å². The van der Waals surface area contributed by atoms with Crippen molar-refractivity contribution in [3.8, 4) is 5.75 Å². The number of aromatic hydroxyl groups is 1. The number of hydrogen-bond donors (Lipinski definition) is 2. The summed E-state index contributed by atoms with van der Waals surface area (Å²) in [6.07, 6.45) is 4.90. The molecule has 1 aromatic rings. The van der Waals surface area contributed by atoms with E-state index in [1.807, 2.05) is 23.1 Å². The molecule has 27 heavy (non-hydrogen) atoms. The average Bonchev–Trinajstić information content (AvgIpc) is 3.02. The second-order valence-electron chi connectivity index (χ2n) is 8.26. The first-order valence-corrected chi connectivity index (χ1v) is 10.1. The first kappa shape index (κ1) is 18.1. The van der Waals surface area contributed by atoms with Crippen molar-refractivity contribution in [2.75, 3.05) is 19.7 Å². The Kier molecular flexibility index (Phi) is 4.98. The number of piperidine rings is 1. The van der Waals surface area contributed by atoms with Crippen molar-refractivity contribution in [3.05, 3.63) is 29.3 Å². The van der Waals surface area contributed by atoms with E-state index in [4.69, 9.17) is 10.5 Å². The minimum Gasteiger partial charge on any atom is -0.507 e. The van der Waals surface area contributed by atoms with Gasteiger partial charge in [-0.25, -0.2) is 4.79 Å². The SMILES string of the molecule is NC(=O)OCCCC1C2CN(C(=O)Cc3cccc(C4CCC4)c3O)CC12. The second-order valence-corrected chi connectivity index (χ2v) is 8.26. The Bertz CT molecular complexity index is 719. The molecule has 0 bridgehead atoms. The molecule has 146 valence electrons. The molecular formula is C21H28N2O4. The van der Waals surface area contributed by atoms with Gasteiger partial charge in [0.1, 0.15) is 5.75 Å². The van der Waals surface area contributed by atoms with Gasteiger partial charge >= 0.3 is 6.09 Å². The smallest absolute Gasteiger partial charge is 0.404 e. The summed E-state index contributed by atoms with van der Waals surface area (Å²) in [6, 6.07) is 5.82. The van der Waals surface area contributed by atoms with Crippen LogP contribution in [0.1, 0.15) is 49.1 Å². The van der Waals surface area contributed by atoms with Crippen molar-refractivity contribution >= 4 is 12.0 Å². The Morgan fingerprint density at radius 1 is 1.22 bits per heavy atom. The predicted octanol–water partition coefficient (Wildman–Crippen LogP) is 2.78. The van der Waals surface area contributed by atoms with E-state index in [1.165, 1.54) is 6.42 Å². The van der Waals surface area contributed by atoms with Crippen molar-refractivity contribution in [3.63, 3.8) is 0 Å². The van der Waals surface area contributed by atoms with Crippen LogP contribution in [0.15, 0.2) is 18.2 Å². The molecule has 1 aromatic carbocycles. The van der Waals surface area contributed by atoms with Gasteiger partial charge in [-0.1, -0.05) is 24.6 Å². The number of rotatable bonds is 7. The fraction of sp³-hybridized carbons (Fsp3) is 0.619. The van der Waals surface area contributed by atoms with Crippen LogP contribution in [0.2, 0.25) is 0 Å². The summed E-state index contributed by atoms with van der Waals surface area (Å²) in [5.74, 6) is 2.70. The molecule has 2 amide bonds. The maximum absolute atomic E-state index is 12.7. The van der Waals surface area contributed by atoms with Crippen LogP contribution in [-0.4, -0.2) is 41.7 Å². The summed E-state index contributed by atoms with van der Waals surface area (Å²) in [6.45, 7) is 2.01. The van der Waals surface area contributed by atoms with Crippen LogP contribution in [0.4, 0.5) is 4.79 Å². The summed E-state index contributed by atoms with van der Waals surface area (Å²) in [7, 11) is 0. The topological polar surface area (TPSA) is 92.9 Å². The molecule has 0 spiro atoms. The van der Waals surface area contributed by atoms with Gasteiger partial charge in [-0.05, 0) is 54.9 Å². The van der Waals surface area contributed by atoms with Gasteiger partial charge in [0.25, 0.3) is 0 Å². The lowest BCUT2D eigenvalue weighted by Crippen LogP contribution is -2.32. The third-order valence-electron chi connectivity index (χ3n) is 6.69. The van der Waals surface area contributed by atoms with Gasteiger partial charge in [0.15, 0.2) is 0 Å². The zero-order valence-electron chi connectivity index (χ0n) is 15.6. The Morgan fingerprint density at radius 2 is 1.96 bits per heavy atom. The number of fused-ring (bicyclic) bond motifs is 1. The first-order chi connectivity index (χ1) is 13.0. The summed E-state index contributed by atoms with van der Waals surface area (Å²) in [5, 5.41) is 10.6. The molecule has 3 N–H and O–H groups in total. The van der Waals surface area contributed by atoms with Crippen molar-refractivity contribution in [1.82, 2.24) is 4.90 Å². The number of nitrogens with two attached hydrogens (primary N) is 1. The van der Waals surface area contributed by atoms with E-state index in [-0.39, 0.29) is 12.3 Å². The molecule has 6 nitrogen and oxygen atoms in total. The van der Waals surface area contributed by atoms with E-state index >= 15 is 0 Å². The molecule has 3 fully saturated rings. The molecular weight excluding hydrogens is 344 g/mol. The Balaban J connectivity index is 1.25. The number of ether oxygens (including phenoxy) is 1. The number of hydrogen-bond acceptors (Lipinski definition) is 4. The number of nitrogens with zero attached hydrogens (tertiary/aromatic N) is 1. The maximum Gasteiger partial charge on any atom is 0.404 e. The van der Waals surface area contributed by atoms with Gasteiger partial charge in [-0.3, -0.25) is 4.79 Å². The average molecular weight is 372 g/mol. The quantitative estimate of drug-likeness (QED) is 0.720. The molecule has 2 unspecified atom stereocenters. The number of primary amides is 1. The maximum atomic E-state index is 12.7. The summed E-state index contributed by atoms with van der Waals surface area (Å²) in [5.41, 5.74) is 6.72. The molecule has 2 atom stereocenters. The molecule has 0 radical (unpaired) electrons. The van der Waals surface area contributed by atoms with Gasteiger partial charge in [0.2, 0.25) is 5.91 Å². The highest BCUT2D eigenvalue weighted by Crippen LogP contribution is 2.54. The molecule has 3 aliphatic rings. The molecule has 6 heteroatoms. The van der Waals surface area contributed by atoms with E-state index in [0.29, 0.717) is 36.0 Å². The first-order valence-electron chi connectivity index (χ1n) is 10.1. The van der Waals surface area contributed by atoms with Gasteiger partial charge < -0.3 is 20.5 Å². The Morgan fingerprint density at radius 3 is 2.59 bits per heavy atom. The minimum absolute atomic E-state index is 0.110. The summed E-state index contributed by atoms with van der Waals surface area (Å²) < 4.78 is 4.77. The van der Waals surface area contributed by atoms with Crippen molar-refractivity contribution < 1.29 is 19.4 Å². The third kappa shape index (κ3) is 3.75. The number of phenols is 1. The molecule has 4 rings (SSSR count). The van der Waals surface area contributed by atoms with Crippen LogP contribution >= 0.6 is 0 Å². The van der Waals surface area contributed by atoms with Crippen molar-refractivity contribution in [2.45, 2.75) is 44.4 Å². The van der Waals surface area contributed by atoms with Crippen LogP contribution in [-0.2, 0) is 16.0 Å². The fourth-order valence-electron chi connectivity index (χ4n) is 4.85. The van der Waals surface area contributed by atoms with E-state index < -0.39 is 6.09 Å². The van der Waals surface area contributed by atoms with Gasteiger partial charge in [0.05, 0.1) is 13.0 Å². The van der Waals surface area contributed by atoms with Crippen LogP contribution in [0.5, 0.6) is 5.75 Å². The van der Waals surface area contributed by atoms with Gasteiger partial charge in [0, 0.05) is 18.7 Å². The highest BCUT2D eigenvalue weighted by atomic mass is 16.5. The second kappa shape index (κ2) is 7.41. The summed E-state index contributed by atoms with van der Waals surface area (Å²) in [4.78, 5) is 25.2. The van der Waals surface area contributed by atoms with Crippen LogP contribution in [0, 0.1) is 17.8 Å². The molecule has 2 aliphatic carbocycles. The standard InChI is InChI=1S/C21H28N2O4/c22-21(26)27-9-3-8-16-17-11-23(12-18(16)17)19(24)10-14-6-2-7-15(20(14)25)13-4-1-5-13/h2,6-7,13,16-18,25H,1,3-5,8-12H2,(H2,22,26). The number of para-hydroxylation sites is 1. The molecule has 2 saturated carbocycles. The fourth-order valence-corrected chi connectivity index (χ4v) is 4.85. The van der Waals surface area contributed by atoms with Crippen molar-refractivity contribution in [2.24, 2.45) is 23.5 Å². The highest BCUT2D eigenvalue weighted by molar-refractivity contribution is 5.80. The van der Waals surface area contributed by atoms with Crippen LogP contribution in [0.25, 0.3) is 0 Å². The van der Waals surface area contributed by atoms with Crippen molar-refractivity contribution in [1.29, 1.82) is 0 Å². The lowest BCUT2D eigenvalue weighted by molar-refractivity contribution is -0.130. The zero-order valence-corrected chi connectivity index (χ0v) is 15.6. The molecule has 1 heterocycles. The van der Waals surface area contributed by atoms with E-state index in [9.17, 15) is 14.7 Å². The van der Waals surface area contributed by atoms with E-state index in [2.05, 4.69) is 0 Å².